The smallest absolute Gasteiger partial charge is 0.337 e. The maximum atomic E-state index is 12.6. The molecule has 0 heterocycles. The van der Waals surface area contributed by atoms with Gasteiger partial charge in [-0.3, -0.25) is 4.79 Å². The first-order chi connectivity index (χ1) is 13.1. The van der Waals surface area contributed by atoms with E-state index < -0.39 is 12.1 Å². The molecule has 3 aromatic carbocycles. The van der Waals surface area contributed by atoms with Gasteiger partial charge in [0.15, 0.2) is 6.10 Å². The lowest BCUT2D eigenvalue weighted by molar-refractivity contribution is -0.122. The molecule has 3 aromatic rings. The van der Waals surface area contributed by atoms with Gasteiger partial charge < -0.3 is 14.8 Å². The van der Waals surface area contributed by atoms with Crippen LogP contribution in [0, 0.1) is 0 Å². The fourth-order valence-corrected chi connectivity index (χ4v) is 2.79. The van der Waals surface area contributed by atoms with Gasteiger partial charge in [-0.1, -0.05) is 43.3 Å². The van der Waals surface area contributed by atoms with E-state index in [2.05, 4.69) is 5.32 Å². The molecule has 1 amide bonds. The first-order valence-corrected chi connectivity index (χ1v) is 8.75. The number of carbonyl (C=O) groups excluding carboxylic acids is 2. The van der Waals surface area contributed by atoms with Gasteiger partial charge in [0.25, 0.3) is 5.91 Å². The lowest BCUT2D eigenvalue weighted by Crippen LogP contribution is -2.32. The third kappa shape index (κ3) is 4.44. The number of rotatable bonds is 6. The SMILES string of the molecule is CCC(Oc1ccc2ccccc2c1)C(=O)Nc1cccc(C(=O)OC)c1. The highest BCUT2D eigenvalue weighted by Gasteiger charge is 2.19. The summed E-state index contributed by atoms with van der Waals surface area (Å²) < 4.78 is 10.6. The van der Waals surface area contributed by atoms with Crippen molar-refractivity contribution in [1.29, 1.82) is 0 Å². The lowest BCUT2D eigenvalue weighted by Gasteiger charge is -2.18. The summed E-state index contributed by atoms with van der Waals surface area (Å²) in [4.78, 5) is 24.2. The van der Waals surface area contributed by atoms with Crippen molar-refractivity contribution in [1.82, 2.24) is 0 Å². The maximum Gasteiger partial charge on any atom is 0.337 e. The van der Waals surface area contributed by atoms with E-state index in [1.54, 1.807) is 24.3 Å². The molecule has 0 radical (unpaired) electrons. The number of hydrogen-bond acceptors (Lipinski definition) is 4. The molecule has 1 unspecified atom stereocenters. The zero-order chi connectivity index (χ0) is 19.2. The number of nitrogens with one attached hydrogen (secondary N) is 1. The minimum Gasteiger partial charge on any atom is -0.481 e. The standard InChI is InChI=1S/C22H21NO4/c1-3-20(27-19-12-11-15-7-4-5-8-16(15)14-19)21(24)23-18-10-6-9-17(13-18)22(25)26-2/h4-14,20H,3H2,1-2H3,(H,23,24). The van der Waals surface area contributed by atoms with E-state index in [0.717, 1.165) is 10.8 Å². The third-order valence-electron chi connectivity index (χ3n) is 4.21. The number of anilines is 1. The van der Waals surface area contributed by atoms with Crippen molar-refractivity contribution in [3.63, 3.8) is 0 Å². The van der Waals surface area contributed by atoms with Crippen molar-refractivity contribution < 1.29 is 19.1 Å². The highest BCUT2D eigenvalue weighted by molar-refractivity contribution is 5.96. The average molecular weight is 363 g/mol. The number of ether oxygens (including phenoxy) is 2. The van der Waals surface area contributed by atoms with Gasteiger partial charge in [0.2, 0.25) is 0 Å². The Morgan fingerprint density at radius 1 is 0.963 bits per heavy atom. The number of esters is 1. The summed E-state index contributed by atoms with van der Waals surface area (Å²) in [6.45, 7) is 1.89. The second kappa shape index (κ2) is 8.36. The van der Waals surface area contributed by atoms with E-state index in [0.29, 0.717) is 23.4 Å². The van der Waals surface area contributed by atoms with Gasteiger partial charge in [0.1, 0.15) is 5.75 Å². The molecule has 5 heteroatoms. The van der Waals surface area contributed by atoms with Crippen molar-refractivity contribution >= 4 is 28.3 Å². The molecule has 0 aliphatic rings. The van der Waals surface area contributed by atoms with Crippen LogP contribution in [-0.2, 0) is 9.53 Å². The molecule has 1 N–H and O–H groups in total. The van der Waals surface area contributed by atoms with Crippen molar-refractivity contribution in [2.75, 3.05) is 12.4 Å². The molecule has 27 heavy (non-hydrogen) atoms. The van der Waals surface area contributed by atoms with Crippen LogP contribution in [0.5, 0.6) is 5.75 Å². The fraction of sp³-hybridized carbons (Fsp3) is 0.182. The van der Waals surface area contributed by atoms with Crippen molar-refractivity contribution in [3.8, 4) is 5.75 Å². The van der Waals surface area contributed by atoms with Crippen LogP contribution in [-0.4, -0.2) is 25.1 Å². The first kappa shape index (κ1) is 18.5. The topological polar surface area (TPSA) is 64.6 Å². The minimum absolute atomic E-state index is 0.271. The summed E-state index contributed by atoms with van der Waals surface area (Å²) in [6.07, 6.45) is -0.136. The van der Waals surface area contributed by atoms with Gasteiger partial charge in [-0.2, -0.15) is 0 Å². The highest BCUT2D eigenvalue weighted by Crippen LogP contribution is 2.22. The number of carbonyl (C=O) groups is 2. The number of amides is 1. The number of methoxy groups -OCH3 is 1. The molecule has 0 bridgehead atoms. The molecule has 0 saturated carbocycles. The lowest BCUT2D eigenvalue weighted by atomic mass is 10.1. The predicted molar refractivity (Wildman–Crippen MR) is 105 cm³/mol. The Kier molecular flexibility index (Phi) is 5.71. The van der Waals surface area contributed by atoms with Crippen LogP contribution in [0.1, 0.15) is 23.7 Å². The summed E-state index contributed by atoms with van der Waals surface area (Å²) in [5, 5.41) is 4.96. The van der Waals surface area contributed by atoms with Gasteiger partial charge in [0.05, 0.1) is 12.7 Å². The molecule has 0 spiro atoms. The first-order valence-electron chi connectivity index (χ1n) is 8.75. The molecular weight excluding hydrogens is 342 g/mol. The van der Waals surface area contributed by atoms with Gasteiger partial charge >= 0.3 is 5.97 Å². The summed E-state index contributed by atoms with van der Waals surface area (Å²) in [6, 6.07) is 20.3. The molecule has 0 saturated heterocycles. The molecular formula is C22H21NO4. The van der Waals surface area contributed by atoms with Crippen LogP contribution >= 0.6 is 0 Å². The Bertz CT molecular complexity index is 967. The molecule has 5 nitrogen and oxygen atoms in total. The Morgan fingerprint density at radius 2 is 1.74 bits per heavy atom. The molecule has 3 rings (SSSR count). The number of benzene rings is 3. The van der Waals surface area contributed by atoms with Crippen LogP contribution in [0.3, 0.4) is 0 Å². The molecule has 138 valence electrons. The summed E-state index contributed by atoms with van der Waals surface area (Å²) in [7, 11) is 1.32. The van der Waals surface area contributed by atoms with E-state index in [1.807, 2.05) is 49.4 Å². The van der Waals surface area contributed by atoms with E-state index in [1.165, 1.54) is 7.11 Å². The Labute approximate surface area is 157 Å². The Morgan fingerprint density at radius 3 is 2.48 bits per heavy atom. The van der Waals surface area contributed by atoms with Gasteiger partial charge in [-0.15, -0.1) is 0 Å². The minimum atomic E-state index is -0.645. The molecule has 0 aliphatic heterocycles. The van der Waals surface area contributed by atoms with Crippen molar-refractivity contribution in [3.05, 3.63) is 72.3 Å². The zero-order valence-electron chi connectivity index (χ0n) is 15.3. The molecule has 1 atom stereocenters. The normalized spacial score (nSPS) is 11.6. The quantitative estimate of drug-likeness (QED) is 0.658. The number of hydrogen-bond donors (Lipinski definition) is 1. The molecule has 0 aromatic heterocycles. The van der Waals surface area contributed by atoms with E-state index in [-0.39, 0.29) is 5.91 Å². The summed E-state index contributed by atoms with van der Waals surface area (Å²) in [5.74, 6) is -0.0859. The Balaban J connectivity index is 1.72. The van der Waals surface area contributed by atoms with Gasteiger partial charge in [0, 0.05) is 5.69 Å². The zero-order valence-corrected chi connectivity index (χ0v) is 15.3. The second-order valence-electron chi connectivity index (χ2n) is 6.09. The van der Waals surface area contributed by atoms with Crippen LogP contribution in [0.4, 0.5) is 5.69 Å². The second-order valence-corrected chi connectivity index (χ2v) is 6.09. The third-order valence-corrected chi connectivity index (χ3v) is 4.21. The van der Waals surface area contributed by atoms with E-state index >= 15 is 0 Å². The molecule has 0 fully saturated rings. The average Bonchev–Trinajstić information content (AvgIpc) is 2.71. The Hall–Kier alpha value is -3.34. The van der Waals surface area contributed by atoms with Crippen LogP contribution in [0.25, 0.3) is 10.8 Å². The monoisotopic (exact) mass is 363 g/mol. The van der Waals surface area contributed by atoms with Gasteiger partial charge in [-0.05, 0) is 47.5 Å². The summed E-state index contributed by atoms with van der Waals surface area (Å²) in [5.41, 5.74) is 0.891. The van der Waals surface area contributed by atoms with Crippen LogP contribution < -0.4 is 10.1 Å². The van der Waals surface area contributed by atoms with Crippen molar-refractivity contribution in [2.45, 2.75) is 19.4 Å². The van der Waals surface area contributed by atoms with Crippen molar-refractivity contribution in [2.24, 2.45) is 0 Å². The van der Waals surface area contributed by atoms with Crippen LogP contribution in [0.2, 0.25) is 0 Å². The van der Waals surface area contributed by atoms with E-state index in [4.69, 9.17) is 9.47 Å². The fourth-order valence-electron chi connectivity index (χ4n) is 2.79. The van der Waals surface area contributed by atoms with E-state index in [9.17, 15) is 9.59 Å². The van der Waals surface area contributed by atoms with Crippen LogP contribution in [0.15, 0.2) is 66.7 Å². The highest BCUT2D eigenvalue weighted by atomic mass is 16.5. The maximum absolute atomic E-state index is 12.6. The summed E-state index contributed by atoms with van der Waals surface area (Å²) >= 11 is 0. The predicted octanol–water partition coefficient (Wildman–Crippen LogP) is 4.42. The number of fused-ring (bicyclic) bond motifs is 1. The van der Waals surface area contributed by atoms with Gasteiger partial charge in [-0.25, -0.2) is 4.79 Å². The largest absolute Gasteiger partial charge is 0.481 e. The molecule has 0 aliphatic carbocycles.